The Balaban J connectivity index is 0.00000243. The summed E-state index contributed by atoms with van der Waals surface area (Å²) in [4.78, 5) is 4.22. The molecule has 0 bridgehead atoms. The highest BCUT2D eigenvalue weighted by atomic mass is 127. The Labute approximate surface area is 170 Å². The van der Waals surface area contributed by atoms with Gasteiger partial charge in [-0.15, -0.1) is 24.0 Å². The second kappa shape index (κ2) is 9.30. The van der Waals surface area contributed by atoms with Crippen LogP contribution in [0.3, 0.4) is 0 Å². The maximum absolute atomic E-state index is 13.4. The summed E-state index contributed by atoms with van der Waals surface area (Å²) in [7, 11) is 1.70. The summed E-state index contributed by atoms with van der Waals surface area (Å²) in [5.41, 5.74) is 2.06. The van der Waals surface area contributed by atoms with Crippen LogP contribution in [0.1, 0.15) is 36.4 Å². The van der Waals surface area contributed by atoms with Gasteiger partial charge >= 0.3 is 0 Å². The molecule has 0 spiro atoms. The minimum Gasteiger partial charge on any atom is -0.356 e. The highest BCUT2D eigenvalue weighted by Crippen LogP contribution is 2.46. The maximum Gasteiger partial charge on any atom is 0.191 e. The van der Waals surface area contributed by atoms with Crippen molar-refractivity contribution < 1.29 is 8.78 Å². The predicted octanol–water partition coefficient (Wildman–Crippen LogP) is 4.61. The van der Waals surface area contributed by atoms with Gasteiger partial charge in [0.2, 0.25) is 0 Å². The molecule has 1 aliphatic rings. The zero-order valence-electron chi connectivity index (χ0n) is 14.9. The van der Waals surface area contributed by atoms with Crippen molar-refractivity contribution in [2.75, 3.05) is 13.6 Å². The molecule has 3 atom stereocenters. The van der Waals surface area contributed by atoms with Gasteiger partial charge in [-0.3, -0.25) is 4.99 Å². The lowest BCUT2D eigenvalue weighted by Gasteiger charge is -2.18. The third kappa shape index (κ3) is 5.16. The molecule has 1 fully saturated rings. The molecule has 2 N–H and O–H groups in total. The third-order valence-electron chi connectivity index (χ3n) is 4.70. The molecule has 3 unspecified atom stereocenters. The van der Waals surface area contributed by atoms with E-state index in [1.165, 1.54) is 18.1 Å². The van der Waals surface area contributed by atoms with E-state index >= 15 is 0 Å². The first-order chi connectivity index (χ1) is 12.1. The molecule has 0 aliphatic heterocycles. The zero-order valence-corrected chi connectivity index (χ0v) is 17.2. The normalized spacial score (nSPS) is 20.1. The minimum atomic E-state index is -0.835. The van der Waals surface area contributed by atoms with Gasteiger partial charge in [0.05, 0.1) is 6.04 Å². The Morgan fingerprint density at radius 1 is 1.15 bits per heavy atom. The molecule has 6 heteroatoms. The van der Waals surface area contributed by atoms with Crippen LogP contribution in [0.5, 0.6) is 0 Å². The van der Waals surface area contributed by atoms with Crippen LogP contribution in [-0.2, 0) is 0 Å². The van der Waals surface area contributed by atoms with E-state index < -0.39 is 11.6 Å². The number of benzene rings is 2. The molecule has 2 aromatic rings. The maximum atomic E-state index is 13.4. The van der Waals surface area contributed by atoms with Crippen LogP contribution in [0, 0.1) is 17.6 Å². The molecule has 0 saturated heterocycles. The van der Waals surface area contributed by atoms with Gasteiger partial charge < -0.3 is 10.6 Å². The van der Waals surface area contributed by atoms with Gasteiger partial charge in [-0.1, -0.05) is 36.4 Å². The van der Waals surface area contributed by atoms with Crippen LogP contribution in [0.25, 0.3) is 0 Å². The summed E-state index contributed by atoms with van der Waals surface area (Å²) in [5.74, 6) is 0.197. The van der Waals surface area contributed by atoms with Crippen molar-refractivity contribution >= 4 is 29.9 Å². The Kier molecular flexibility index (Phi) is 7.37. The lowest BCUT2D eigenvalue weighted by Crippen LogP contribution is -2.39. The van der Waals surface area contributed by atoms with E-state index in [1.807, 2.05) is 13.0 Å². The molecule has 3 rings (SSSR count). The molecule has 0 heterocycles. The van der Waals surface area contributed by atoms with E-state index in [-0.39, 0.29) is 30.0 Å². The molecule has 1 aliphatic carbocycles. The second-order valence-electron chi connectivity index (χ2n) is 6.51. The topological polar surface area (TPSA) is 36.4 Å². The molecule has 0 amide bonds. The van der Waals surface area contributed by atoms with Crippen LogP contribution in [-0.4, -0.2) is 19.6 Å². The molecule has 2 aromatic carbocycles. The fourth-order valence-electron chi connectivity index (χ4n) is 3.07. The van der Waals surface area contributed by atoms with Gasteiger partial charge in [0.15, 0.2) is 17.6 Å². The Hall–Kier alpha value is -1.70. The second-order valence-corrected chi connectivity index (χ2v) is 6.51. The van der Waals surface area contributed by atoms with Gasteiger partial charge in [0.1, 0.15) is 0 Å². The van der Waals surface area contributed by atoms with Gasteiger partial charge in [-0.05, 0) is 48.4 Å². The van der Waals surface area contributed by atoms with Crippen molar-refractivity contribution in [3.8, 4) is 0 Å². The standard InChI is InChI=1S/C20H23F2N3.HI/c1-13(15-8-9-18(21)19(22)11-15)25-20(23-2)24-12-16-10-17(16)14-6-4-3-5-7-14;/h3-9,11,13,16-17H,10,12H2,1-2H3,(H2,23,24,25);1H. The van der Waals surface area contributed by atoms with E-state index in [0.717, 1.165) is 12.6 Å². The number of hydrogen-bond acceptors (Lipinski definition) is 1. The first-order valence-corrected chi connectivity index (χ1v) is 8.55. The number of nitrogens with zero attached hydrogens (tertiary/aromatic N) is 1. The summed E-state index contributed by atoms with van der Waals surface area (Å²) in [5, 5.41) is 6.55. The average Bonchev–Trinajstić information content (AvgIpc) is 3.41. The number of aliphatic imine (C=N–C) groups is 1. The van der Waals surface area contributed by atoms with Crippen molar-refractivity contribution in [1.82, 2.24) is 10.6 Å². The van der Waals surface area contributed by atoms with Crippen LogP contribution >= 0.6 is 24.0 Å². The third-order valence-corrected chi connectivity index (χ3v) is 4.70. The minimum absolute atomic E-state index is 0. The highest BCUT2D eigenvalue weighted by Gasteiger charge is 2.37. The van der Waals surface area contributed by atoms with Crippen molar-refractivity contribution in [3.63, 3.8) is 0 Å². The van der Waals surface area contributed by atoms with Crippen molar-refractivity contribution in [2.45, 2.75) is 25.3 Å². The smallest absolute Gasteiger partial charge is 0.191 e. The van der Waals surface area contributed by atoms with Crippen LogP contribution < -0.4 is 10.6 Å². The summed E-state index contributed by atoms with van der Waals surface area (Å²) in [6.07, 6.45) is 1.17. The van der Waals surface area contributed by atoms with E-state index in [1.54, 1.807) is 13.1 Å². The van der Waals surface area contributed by atoms with Gasteiger partial charge in [0, 0.05) is 13.6 Å². The van der Waals surface area contributed by atoms with Gasteiger partial charge in [-0.2, -0.15) is 0 Å². The van der Waals surface area contributed by atoms with E-state index in [2.05, 4.69) is 39.9 Å². The number of nitrogens with one attached hydrogen (secondary N) is 2. The Bertz CT molecular complexity index is 752. The monoisotopic (exact) mass is 471 g/mol. The lowest BCUT2D eigenvalue weighted by molar-refractivity contribution is 0.504. The molecule has 3 nitrogen and oxygen atoms in total. The SMILES string of the molecule is CN=C(NCC1CC1c1ccccc1)NC(C)c1ccc(F)c(F)c1.I. The number of guanidine groups is 1. The quantitative estimate of drug-likeness (QED) is 0.380. The summed E-state index contributed by atoms with van der Waals surface area (Å²) < 4.78 is 26.4. The van der Waals surface area contributed by atoms with Crippen molar-refractivity contribution in [3.05, 3.63) is 71.3 Å². The first-order valence-electron chi connectivity index (χ1n) is 8.55. The molecule has 0 radical (unpaired) electrons. The number of halogens is 3. The number of hydrogen-bond donors (Lipinski definition) is 2. The average molecular weight is 471 g/mol. The Morgan fingerprint density at radius 2 is 1.88 bits per heavy atom. The number of rotatable bonds is 5. The summed E-state index contributed by atoms with van der Waals surface area (Å²) in [6.45, 7) is 2.73. The fraction of sp³-hybridized carbons (Fsp3) is 0.350. The van der Waals surface area contributed by atoms with Crippen LogP contribution in [0.4, 0.5) is 8.78 Å². The first kappa shape index (κ1) is 20.6. The molecular weight excluding hydrogens is 447 g/mol. The van der Waals surface area contributed by atoms with Crippen LogP contribution in [0.2, 0.25) is 0 Å². The van der Waals surface area contributed by atoms with E-state index in [4.69, 9.17) is 0 Å². The Morgan fingerprint density at radius 3 is 2.54 bits per heavy atom. The molecule has 1 saturated carbocycles. The predicted molar refractivity (Wildman–Crippen MR) is 112 cm³/mol. The molecule has 26 heavy (non-hydrogen) atoms. The van der Waals surface area contributed by atoms with E-state index in [9.17, 15) is 8.78 Å². The lowest BCUT2D eigenvalue weighted by atomic mass is 10.1. The fourth-order valence-corrected chi connectivity index (χ4v) is 3.07. The van der Waals surface area contributed by atoms with Gasteiger partial charge in [0.25, 0.3) is 0 Å². The zero-order chi connectivity index (χ0) is 17.8. The van der Waals surface area contributed by atoms with Crippen LogP contribution in [0.15, 0.2) is 53.5 Å². The summed E-state index contributed by atoms with van der Waals surface area (Å²) in [6, 6.07) is 14.3. The highest BCUT2D eigenvalue weighted by molar-refractivity contribution is 14.0. The van der Waals surface area contributed by atoms with E-state index in [0.29, 0.717) is 23.4 Å². The van der Waals surface area contributed by atoms with Gasteiger partial charge in [-0.25, -0.2) is 8.78 Å². The summed E-state index contributed by atoms with van der Waals surface area (Å²) >= 11 is 0. The molecule has 140 valence electrons. The molecular formula is C20H24F2IN3. The molecule has 0 aromatic heterocycles. The van der Waals surface area contributed by atoms with Crippen molar-refractivity contribution in [1.29, 1.82) is 0 Å². The van der Waals surface area contributed by atoms with Crippen molar-refractivity contribution in [2.24, 2.45) is 10.9 Å². The largest absolute Gasteiger partial charge is 0.356 e.